The van der Waals surface area contributed by atoms with Crippen LogP contribution in [0.4, 0.5) is 0 Å². The number of aliphatic imine (C=N–C) groups is 1. The van der Waals surface area contributed by atoms with Gasteiger partial charge in [0.15, 0.2) is 0 Å². The highest BCUT2D eigenvalue weighted by molar-refractivity contribution is 6.11. The number of aromatic nitrogens is 2. The van der Waals surface area contributed by atoms with Crippen LogP contribution in [0.15, 0.2) is 78.0 Å². The smallest absolute Gasteiger partial charge is 0.223 e. The summed E-state index contributed by atoms with van der Waals surface area (Å²) in [5, 5.41) is 1.09. The molecule has 7 nitrogen and oxygen atoms in total. The zero-order chi connectivity index (χ0) is 22.8. The Bertz CT molecular complexity index is 1190. The van der Waals surface area contributed by atoms with Gasteiger partial charge in [0, 0.05) is 49.4 Å². The first-order valence-electron chi connectivity index (χ1n) is 11.6. The van der Waals surface area contributed by atoms with E-state index in [1.807, 2.05) is 36.6 Å². The summed E-state index contributed by atoms with van der Waals surface area (Å²) in [6, 6.07) is 4.01. The first kappa shape index (κ1) is 21.2. The van der Waals surface area contributed by atoms with Crippen LogP contribution in [0.2, 0.25) is 0 Å². The SMILES string of the molecule is C=C1C=CC=C/C1=N/C=C(\N)N1CCC2(CCCC(=O)N2Cc2c[nH]c3ncccc23)CC1. The standard InChI is InChI=1S/C26H30N6O/c1-19-6-2-3-8-22(19)29-17-23(27)31-14-11-26(12-15-31)10-4-9-24(33)32(26)18-20-16-30-25-21(20)7-5-13-28-25/h2-3,5-8,13,16-17H,1,4,9-12,14-15,18,27H2,(H,28,30)/b23-17+,29-22-. The van der Waals surface area contributed by atoms with Crippen molar-refractivity contribution in [1.29, 1.82) is 0 Å². The van der Waals surface area contributed by atoms with E-state index < -0.39 is 0 Å². The zero-order valence-corrected chi connectivity index (χ0v) is 18.8. The molecule has 0 bridgehead atoms. The summed E-state index contributed by atoms with van der Waals surface area (Å²) in [6.45, 7) is 6.25. The van der Waals surface area contributed by atoms with Crippen molar-refractivity contribution in [2.24, 2.45) is 10.7 Å². The van der Waals surface area contributed by atoms with Gasteiger partial charge in [-0.05, 0) is 55.0 Å². The Labute approximate surface area is 194 Å². The van der Waals surface area contributed by atoms with Gasteiger partial charge < -0.3 is 20.5 Å². The van der Waals surface area contributed by atoms with E-state index in [1.54, 1.807) is 12.4 Å². The van der Waals surface area contributed by atoms with Gasteiger partial charge in [-0.1, -0.05) is 24.8 Å². The maximum absolute atomic E-state index is 13.1. The summed E-state index contributed by atoms with van der Waals surface area (Å²) in [5.41, 5.74) is 9.96. The Morgan fingerprint density at radius 3 is 2.91 bits per heavy atom. The molecule has 0 saturated carbocycles. The highest BCUT2D eigenvalue weighted by Crippen LogP contribution is 2.39. The summed E-state index contributed by atoms with van der Waals surface area (Å²) in [7, 11) is 0. The molecule has 2 fully saturated rings. The highest BCUT2D eigenvalue weighted by Gasteiger charge is 2.44. The first-order chi connectivity index (χ1) is 16.1. The fourth-order valence-electron chi connectivity index (χ4n) is 5.23. The van der Waals surface area contributed by atoms with Crippen LogP contribution in [-0.2, 0) is 11.3 Å². The third-order valence-corrected chi connectivity index (χ3v) is 7.16. The molecule has 3 aliphatic rings. The largest absolute Gasteiger partial charge is 0.384 e. The van der Waals surface area contributed by atoms with E-state index in [2.05, 4.69) is 37.4 Å². The van der Waals surface area contributed by atoms with Gasteiger partial charge in [0.05, 0.1) is 11.9 Å². The number of pyridine rings is 1. The first-order valence-corrected chi connectivity index (χ1v) is 11.6. The second-order valence-electron chi connectivity index (χ2n) is 9.07. The molecule has 2 aliphatic heterocycles. The zero-order valence-electron chi connectivity index (χ0n) is 18.8. The second-order valence-corrected chi connectivity index (χ2v) is 9.07. The van der Waals surface area contributed by atoms with Crippen molar-refractivity contribution in [3.8, 4) is 0 Å². The predicted molar refractivity (Wildman–Crippen MR) is 131 cm³/mol. The lowest BCUT2D eigenvalue weighted by Gasteiger charge is -2.51. The number of piperidine rings is 2. The molecule has 4 heterocycles. The van der Waals surface area contributed by atoms with E-state index in [-0.39, 0.29) is 11.4 Å². The molecule has 0 unspecified atom stereocenters. The molecule has 1 amide bonds. The van der Waals surface area contributed by atoms with Gasteiger partial charge in [-0.25, -0.2) is 4.98 Å². The molecule has 3 N–H and O–H groups in total. The second kappa shape index (κ2) is 8.73. The fraction of sp³-hybridized carbons (Fsp3) is 0.346. The van der Waals surface area contributed by atoms with Crippen molar-refractivity contribution in [2.45, 2.75) is 44.2 Å². The van der Waals surface area contributed by atoms with E-state index >= 15 is 0 Å². The number of amides is 1. The molecule has 33 heavy (non-hydrogen) atoms. The topological polar surface area (TPSA) is 90.6 Å². The van der Waals surface area contributed by atoms with Gasteiger partial charge in [-0.2, -0.15) is 0 Å². The molecule has 1 spiro atoms. The molecule has 170 valence electrons. The van der Waals surface area contributed by atoms with Crippen LogP contribution in [0.5, 0.6) is 0 Å². The number of H-pyrrole nitrogens is 1. The normalized spacial score (nSPS) is 22.2. The summed E-state index contributed by atoms with van der Waals surface area (Å²) in [4.78, 5) is 29.5. The van der Waals surface area contributed by atoms with Gasteiger partial charge >= 0.3 is 0 Å². The van der Waals surface area contributed by atoms with Crippen LogP contribution in [0, 0.1) is 0 Å². The molecular weight excluding hydrogens is 412 g/mol. The molecule has 2 aromatic heterocycles. The maximum Gasteiger partial charge on any atom is 0.223 e. The van der Waals surface area contributed by atoms with E-state index in [1.165, 1.54) is 0 Å². The van der Waals surface area contributed by atoms with E-state index in [9.17, 15) is 4.79 Å². The minimum absolute atomic E-state index is 0.116. The van der Waals surface area contributed by atoms with Crippen molar-refractivity contribution < 1.29 is 4.79 Å². The average Bonchev–Trinajstić information content (AvgIpc) is 3.24. The van der Waals surface area contributed by atoms with Crippen LogP contribution < -0.4 is 5.73 Å². The Hall–Kier alpha value is -3.61. The number of carbonyl (C=O) groups excluding carboxylic acids is 1. The van der Waals surface area contributed by atoms with Crippen LogP contribution in [-0.4, -0.2) is 50.0 Å². The van der Waals surface area contributed by atoms with Crippen LogP contribution in [0.25, 0.3) is 11.0 Å². The molecule has 5 rings (SSSR count). The minimum Gasteiger partial charge on any atom is -0.384 e. The Balaban J connectivity index is 1.31. The number of hydrogen-bond donors (Lipinski definition) is 2. The minimum atomic E-state index is -0.116. The number of nitrogens with zero attached hydrogens (tertiary/aromatic N) is 4. The number of rotatable bonds is 4. The number of aromatic amines is 1. The van der Waals surface area contributed by atoms with E-state index in [4.69, 9.17) is 5.73 Å². The lowest BCUT2D eigenvalue weighted by Crippen LogP contribution is -2.59. The van der Waals surface area contributed by atoms with Crippen molar-refractivity contribution in [3.05, 3.63) is 78.6 Å². The Morgan fingerprint density at radius 1 is 1.27 bits per heavy atom. The number of allylic oxidation sites excluding steroid dienone is 5. The number of nitrogens with one attached hydrogen (secondary N) is 1. The molecule has 2 saturated heterocycles. The Kier molecular flexibility index (Phi) is 5.62. The quantitative estimate of drug-likeness (QED) is 0.754. The number of hydrogen-bond acceptors (Lipinski definition) is 5. The van der Waals surface area contributed by atoms with Crippen LogP contribution in [0.1, 0.15) is 37.7 Å². The van der Waals surface area contributed by atoms with Crippen molar-refractivity contribution >= 4 is 22.7 Å². The van der Waals surface area contributed by atoms with Gasteiger partial charge in [0.2, 0.25) is 5.91 Å². The average molecular weight is 443 g/mol. The number of likely N-dealkylation sites (tertiary alicyclic amines) is 2. The number of carbonyl (C=O) groups is 1. The van der Waals surface area contributed by atoms with Crippen LogP contribution >= 0.6 is 0 Å². The number of fused-ring (bicyclic) bond motifs is 1. The van der Waals surface area contributed by atoms with E-state index in [0.29, 0.717) is 18.8 Å². The third kappa shape index (κ3) is 4.11. The van der Waals surface area contributed by atoms with Crippen molar-refractivity contribution in [1.82, 2.24) is 19.8 Å². The third-order valence-electron chi connectivity index (χ3n) is 7.16. The fourth-order valence-corrected chi connectivity index (χ4v) is 5.23. The summed E-state index contributed by atoms with van der Waals surface area (Å²) in [5.74, 6) is 0.906. The molecule has 1 aliphatic carbocycles. The van der Waals surface area contributed by atoms with Gasteiger partial charge in [-0.15, -0.1) is 0 Å². The molecule has 0 radical (unpaired) electrons. The van der Waals surface area contributed by atoms with E-state index in [0.717, 1.165) is 66.7 Å². The van der Waals surface area contributed by atoms with Crippen molar-refractivity contribution in [2.75, 3.05) is 13.1 Å². The van der Waals surface area contributed by atoms with Gasteiger partial charge in [0.25, 0.3) is 0 Å². The molecule has 2 aromatic rings. The molecule has 0 aromatic carbocycles. The molecule has 0 atom stereocenters. The molecular formula is C26H30N6O. The molecule has 7 heteroatoms. The summed E-state index contributed by atoms with van der Waals surface area (Å²) in [6.07, 6.45) is 17.7. The Morgan fingerprint density at radius 2 is 2.09 bits per heavy atom. The lowest BCUT2D eigenvalue weighted by molar-refractivity contribution is -0.146. The predicted octanol–water partition coefficient (Wildman–Crippen LogP) is 3.79. The summed E-state index contributed by atoms with van der Waals surface area (Å²) >= 11 is 0. The maximum atomic E-state index is 13.1. The van der Waals surface area contributed by atoms with Gasteiger partial charge in [0.1, 0.15) is 11.5 Å². The van der Waals surface area contributed by atoms with Crippen molar-refractivity contribution in [3.63, 3.8) is 0 Å². The monoisotopic (exact) mass is 442 g/mol. The summed E-state index contributed by atoms with van der Waals surface area (Å²) < 4.78 is 0. The number of nitrogens with two attached hydrogens (primary N) is 1. The van der Waals surface area contributed by atoms with Gasteiger partial charge in [-0.3, -0.25) is 9.79 Å². The van der Waals surface area contributed by atoms with Crippen LogP contribution in [0.3, 0.4) is 0 Å². The lowest BCUT2D eigenvalue weighted by atomic mass is 9.78. The highest BCUT2D eigenvalue weighted by atomic mass is 16.2.